The predicted molar refractivity (Wildman–Crippen MR) is 115 cm³/mol. The molecular weight excluding hydrogens is 445 g/mol. The van der Waals surface area contributed by atoms with Gasteiger partial charge in [0.05, 0.1) is 34.4 Å². The number of carbonyl (C=O) groups is 2. The summed E-state index contributed by atoms with van der Waals surface area (Å²) in [6.45, 7) is 2.33. The van der Waals surface area contributed by atoms with Gasteiger partial charge in [-0.15, -0.1) is 0 Å². The molecule has 0 unspecified atom stereocenters. The summed E-state index contributed by atoms with van der Waals surface area (Å²) in [7, 11) is 0. The van der Waals surface area contributed by atoms with Gasteiger partial charge in [-0.3, -0.25) is 15.0 Å². The van der Waals surface area contributed by atoms with Gasteiger partial charge in [-0.25, -0.2) is 14.0 Å². The van der Waals surface area contributed by atoms with Crippen LogP contribution in [0.25, 0.3) is 0 Å². The van der Waals surface area contributed by atoms with Crippen molar-refractivity contribution in [1.29, 1.82) is 0 Å². The molecule has 1 aromatic carbocycles. The Labute approximate surface area is 185 Å². The number of amides is 2. The van der Waals surface area contributed by atoms with Crippen molar-refractivity contribution in [3.05, 3.63) is 46.3 Å². The summed E-state index contributed by atoms with van der Waals surface area (Å²) in [6.07, 6.45) is -2.53. The van der Waals surface area contributed by atoms with E-state index in [0.29, 0.717) is 37.6 Å². The number of anilines is 3. The van der Waals surface area contributed by atoms with Crippen molar-refractivity contribution in [2.24, 2.45) is 0 Å². The first-order valence-electron chi connectivity index (χ1n) is 9.80. The number of nitrogens with one attached hydrogen (secondary N) is 1. The van der Waals surface area contributed by atoms with Crippen LogP contribution in [0.3, 0.4) is 0 Å². The second-order valence-electron chi connectivity index (χ2n) is 7.28. The number of cyclic esters (lactones) is 1. The monoisotopic (exact) mass is 465 g/mol. The molecule has 13 heteroatoms. The second-order valence-corrected chi connectivity index (χ2v) is 8.32. The van der Waals surface area contributed by atoms with E-state index in [1.54, 1.807) is 18.2 Å². The fourth-order valence-corrected chi connectivity index (χ4v) is 4.59. The molecule has 32 heavy (non-hydrogen) atoms. The van der Waals surface area contributed by atoms with Crippen molar-refractivity contribution in [2.75, 3.05) is 54.0 Å². The lowest BCUT2D eigenvalue weighted by Gasteiger charge is -2.36. The maximum Gasteiger partial charge on any atom is 0.414 e. The average molecular weight is 465 g/mol. The van der Waals surface area contributed by atoms with Gasteiger partial charge in [-0.2, -0.15) is 0 Å². The first kappa shape index (κ1) is 21.6. The number of benzene rings is 1. The first-order chi connectivity index (χ1) is 15.3. The molecule has 170 valence electrons. The largest absolute Gasteiger partial charge is 0.465 e. The van der Waals surface area contributed by atoms with Gasteiger partial charge in [0, 0.05) is 32.2 Å². The number of carbonyl (C=O) groups excluding carboxylic acids is 1. The van der Waals surface area contributed by atoms with Crippen LogP contribution < -0.4 is 20.0 Å². The van der Waals surface area contributed by atoms with Gasteiger partial charge in [0.1, 0.15) is 11.9 Å². The number of ether oxygens (including phenoxy) is 1. The van der Waals surface area contributed by atoms with Crippen LogP contribution in [-0.4, -0.2) is 67.6 Å². The lowest BCUT2D eigenvalue weighted by molar-refractivity contribution is -0.380. The highest BCUT2D eigenvalue weighted by Gasteiger charge is 2.33. The van der Waals surface area contributed by atoms with Gasteiger partial charge < -0.3 is 25.0 Å². The summed E-state index contributed by atoms with van der Waals surface area (Å²) in [5.74, 6) is -0.484. The fourth-order valence-electron chi connectivity index (χ4n) is 3.71. The lowest BCUT2D eigenvalue weighted by atomic mass is 10.2. The summed E-state index contributed by atoms with van der Waals surface area (Å²) >= 11 is 1.12. The Kier molecular flexibility index (Phi) is 5.99. The number of carboxylic acid groups (broad SMARTS) is 1. The molecule has 0 radical (unpaired) electrons. The van der Waals surface area contributed by atoms with Crippen LogP contribution in [0.4, 0.5) is 35.4 Å². The number of piperazine rings is 1. The SMILES string of the molecule is O=C(O)NC[C@H]1CN(c2ccc(N3CCN(c4ccc([N+](=O)[O-])s4)CC3)c(F)c2)C(=O)O1. The third-order valence-electron chi connectivity index (χ3n) is 5.29. The van der Waals surface area contributed by atoms with Crippen molar-refractivity contribution in [1.82, 2.24) is 5.32 Å². The Morgan fingerprint density at radius 1 is 1.25 bits per heavy atom. The molecular formula is C19H20FN5O6S. The summed E-state index contributed by atoms with van der Waals surface area (Å²) in [4.78, 5) is 38.3. The number of nitrogens with zero attached hydrogens (tertiary/aromatic N) is 4. The molecule has 2 amide bonds. The molecule has 11 nitrogen and oxygen atoms in total. The fraction of sp³-hybridized carbons (Fsp3) is 0.368. The molecule has 4 rings (SSSR count). The van der Waals surface area contributed by atoms with Crippen LogP contribution in [0.2, 0.25) is 0 Å². The molecule has 3 heterocycles. The minimum absolute atomic E-state index is 0.0458. The van der Waals surface area contributed by atoms with E-state index in [-0.39, 0.29) is 18.1 Å². The average Bonchev–Trinajstić information content (AvgIpc) is 3.39. The Balaban J connectivity index is 1.38. The second kappa shape index (κ2) is 8.86. The van der Waals surface area contributed by atoms with Crippen LogP contribution in [0, 0.1) is 15.9 Å². The van der Waals surface area contributed by atoms with Gasteiger partial charge in [-0.1, -0.05) is 0 Å². The van der Waals surface area contributed by atoms with Crippen LogP contribution in [0.1, 0.15) is 0 Å². The third kappa shape index (κ3) is 4.51. The van der Waals surface area contributed by atoms with E-state index in [0.717, 1.165) is 16.3 Å². The number of hydrogen-bond donors (Lipinski definition) is 2. The first-order valence-corrected chi connectivity index (χ1v) is 10.6. The zero-order valence-electron chi connectivity index (χ0n) is 16.8. The van der Waals surface area contributed by atoms with E-state index < -0.39 is 29.0 Å². The Hall–Kier alpha value is -3.61. The topological polar surface area (TPSA) is 128 Å². The van der Waals surface area contributed by atoms with Gasteiger partial charge >= 0.3 is 17.2 Å². The standard InChI is InChI=1S/C19H20FN5O6S/c20-14-9-12(24-11-13(31-19(24)28)10-21-18(26)27)1-2-15(14)22-5-7-23(8-6-22)16-3-4-17(32-16)25(29)30/h1-4,9,13,21H,5-8,10-11H2,(H,26,27)/t13-/m0/s1. The highest BCUT2D eigenvalue weighted by atomic mass is 32.1. The molecule has 0 spiro atoms. The Morgan fingerprint density at radius 2 is 1.97 bits per heavy atom. The lowest BCUT2D eigenvalue weighted by Crippen LogP contribution is -2.46. The van der Waals surface area contributed by atoms with Crippen LogP contribution in [0.15, 0.2) is 30.3 Å². The number of nitro groups is 1. The highest BCUT2D eigenvalue weighted by Crippen LogP contribution is 2.33. The van der Waals surface area contributed by atoms with Gasteiger partial charge in [0.25, 0.3) is 0 Å². The normalized spacial score (nSPS) is 18.6. The third-order valence-corrected chi connectivity index (χ3v) is 6.39. The molecule has 0 bridgehead atoms. The highest BCUT2D eigenvalue weighted by molar-refractivity contribution is 7.19. The summed E-state index contributed by atoms with van der Waals surface area (Å²) in [6, 6.07) is 7.70. The van der Waals surface area contributed by atoms with E-state index in [9.17, 15) is 24.1 Å². The number of rotatable bonds is 6. The van der Waals surface area contributed by atoms with Crippen molar-refractivity contribution >= 4 is 44.9 Å². The van der Waals surface area contributed by atoms with Gasteiger partial charge in [-0.05, 0) is 35.6 Å². The van der Waals surface area contributed by atoms with Crippen molar-refractivity contribution in [2.45, 2.75) is 6.10 Å². The minimum Gasteiger partial charge on any atom is -0.465 e. The minimum atomic E-state index is -1.22. The number of halogens is 1. The smallest absolute Gasteiger partial charge is 0.414 e. The summed E-state index contributed by atoms with van der Waals surface area (Å²) in [5.41, 5.74) is 0.737. The van der Waals surface area contributed by atoms with E-state index in [1.165, 1.54) is 17.0 Å². The van der Waals surface area contributed by atoms with Crippen LogP contribution >= 0.6 is 11.3 Å². The molecule has 0 aliphatic carbocycles. The number of hydrogen-bond acceptors (Lipinski definition) is 8. The molecule has 2 aliphatic rings. The zero-order valence-corrected chi connectivity index (χ0v) is 17.6. The van der Waals surface area contributed by atoms with Crippen molar-refractivity contribution in [3.63, 3.8) is 0 Å². The summed E-state index contributed by atoms with van der Waals surface area (Å²) in [5, 5.41) is 22.6. The molecule has 2 saturated heterocycles. The molecule has 1 atom stereocenters. The van der Waals surface area contributed by atoms with Crippen LogP contribution in [-0.2, 0) is 4.74 Å². The van der Waals surface area contributed by atoms with E-state index in [1.807, 2.05) is 9.80 Å². The summed E-state index contributed by atoms with van der Waals surface area (Å²) < 4.78 is 20.0. The van der Waals surface area contributed by atoms with Crippen molar-refractivity contribution in [3.8, 4) is 0 Å². The van der Waals surface area contributed by atoms with Crippen molar-refractivity contribution < 1.29 is 28.7 Å². The van der Waals surface area contributed by atoms with Gasteiger partial charge in [0.15, 0.2) is 0 Å². The van der Waals surface area contributed by atoms with Gasteiger partial charge in [0.2, 0.25) is 0 Å². The maximum atomic E-state index is 14.9. The number of thiophene rings is 1. The Morgan fingerprint density at radius 3 is 2.59 bits per heavy atom. The van der Waals surface area contributed by atoms with Crippen LogP contribution in [0.5, 0.6) is 0 Å². The zero-order chi connectivity index (χ0) is 22.8. The predicted octanol–water partition coefficient (Wildman–Crippen LogP) is 2.71. The molecule has 2 aliphatic heterocycles. The van der Waals surface area contributed by atoms with E-state index >= 15 is 0 Å². The molecule has 2 N–H and O–H groups in total. The molecule has 2 aromatic rings. The molecule has 2 fully saturated rings. The van der Waals surface area contributed by atoms with E-state index in [2.05, 4.69) is 5.32 Å². The quantitative estimate of drug-likeness (QED) is 0.492. The molecule has 0 saturated carbocycles. The van der Waals surface area contributed by atoms with E-state index in [4.69, 9.17) is 9.84 Å². The Bertz CT molecular complexity index is 1040. The maximum absolute atomic E-state index is 14.9. The molecule has 1 aromatic heterocycles.